The molecule has 2 aromatic carbocycles. The Hall–Kier alpha value is -2.89. The van der Waals surface area contributed by atoms with Gasteiger partial charge in [-0.2, -0.15) is 13.2 Å². The number of fused-ring (bicyclic) bond motifs is 1. The lowest BCUT2D eigenvalue weighted by molar-refractivity contribution is -0.192. The standard InChI is InChI=1S/C20H22N2O3S.C2HF3O2/c23-15-17-7-5-12-21(17)14-16-6-4-10-20-19(16)11-13-22(20)26(24,25)18-8-2-1-3-9-18;3-2(4,5)1(6)7/h1-4,6,8-11,13,17,23H,5,7,12,14-15H2;(H,6,7)/t17-;/m1./s1. The minimum Gasteiger partial charge on any atom is -0.475 e. The molecule has 7 nitrogen and oxygen atoms in total. The van der Waals surface area contributed by atoms with Gasteiger partial charge in [-0.15, -0.1) is 0 Å². The van der Waals surface area contributed by atoms with Crippen LogP contribution >= 0.6 is 0 Å². The van der Waals surface area contributed by atoms with E-state index in [2.05, 4.69) is 4.90 Å². The molecular formula is C22H23F3N2O5S. The monoisotopic (exact) mass is 484 g/mol. The highest BCUT2D eigenvalue weighted by Gasteiger charge is 2.38. The van der Waals surface area contributed by atoms with E-state index in [1.165, 1.54) is 3.97 Å². The molecule has 178 valence electrons. The SMILES string of the molecule is O=C(O)C(F)(F)F.O=S(=O)(c1ccccc1)n1ccc2c(CN3CCC[C@@H]3CO)cccc21. The van der Waals surface area contributed by atoms with E-state index in [1.807, 2.05) is 24.3 Å². The highest BCUT2D eigenvalue weighted by atomic mass is 32.2. The van der Waals surface area contributed by atoms with Gasteiger partial charge in [0.1, 0.15) is 0 Å². The van der Waals surface area contributed by atoms with Gasteiger partial charge in [-0.1, -0.05) is 30.3 Å². The van der Waals surface area contributed by atoms with Gasteiger partial charge in [-0.05, 0) is 49.2 Å². The lowest BCUT2D eigenvalue weighted by Crippen LogP contribution is -2.31. The quantitative estimate of drug-likeness (QED) is 0.575. The van der Waals surface area contributed by atoms with Crippen LogP contribution in [0.2, 0.25) is 0 Å². The predicted molar refractivity (Wildman–Crippen MR) is 115 cm³/mol. The first-order valence-electron chi connectivity index (χ1n) is 10.1. The van der Waals surface area contributed by atoms with Crippen molar-refractivity contribution in [2.45, 2.75) is 36.5 Å². The Labute approximate surface area is 188 Å². The third-order valence-corrected chi connectivity index (χ3v) is 7.12. The maximum absolute atomic E-state index is 13.0. The molecule has 2 N–H and O–H groups in total. The average Bonchev–Trinajstić information content (AvgIpc) is 3.41. The van der Waals surface area contributed by atoms with Gasteiger partial charge in [0.25, 0.3) is 10.0 Å². The van der Waals surface area contributed by atoms with Crippen molar-refractivity contribution in [1.82, 2.24) is 8.87 Å². The predicted octanol–water partition coefficient (Wildman–Crippen LogP) is 3.47. The smallest absolute Gasteiger partial charge is 0.475 e. The summed E-state index contributed by atoms with van der Waals surface area (Å²) in [7, 11) is -3.62. The van der Waals surface area contributed by atoms with E-state index < -0.39 is 22.2 Å². The molecule has 1 aromatic heterocycles. The Kier molecular flexibility index (Phi) is 7.45. The van der Waals surface area contributed by atoms with Gasteiger partial charge in [0.2, 0.25) is 0 Å². The van der Waals surface area contributed by atoms with Crippen LogP contribution in [0.5, 0.6) is 0 Å². The molecule has 1 fully saturated rings. The number of carboxylic acid groups (broad SMARTS) is 1. The number of aromatic nitrogens is 1. The molecule has 0 radical (unpaired) electrons. The van der Waals surface area contributed by atoms with Crippen molar-refractivity contribution >= 4 is 26.9 Å². The number of benzene rings is 2. The molecular weight excluding hydrogens is 461 g/mol. The molecule has 0 amide bonds. The van der Waals surface area contributed by atoms with Crippen molar-refractivity contribution in [3.05, 3.63) is 66.4 Å². The van der Waals surface area contributed by atoms with Crippen molar-refractivity contribution in [3.8, 4) is 0 Å². The topological polar surface area (TPSA) is 99.8 Å². The van der Waals surface area contributed by atoms with Crippen LogP contribution in [0.15, 0.2) is 65.7 Å². The summed E-state index contributed by atoms with van der Waals surface area (Å²) in [4.78, 5) is 11.5. The lowest BCUT2D eigenvalue weighted by atomic mass is 10.1. The zero-order valence-electron chi connectivity index (χ0n) is 17.4. The lowest BCUT2D eigenvalue weighted by Gasteiger charge is -2.23. The Morgan fingerprint density at radius 3 is 2.33 bits per heavy atom. The van der Waals surface area contributed by atoms with E-state index in [4.69, 9.17) is 9.90 Å². The van der Waals surface area contributed by atoms with Crippen LogP contribution in [0.4, 0.5) is 13.2 Å². The number of likely N-dealkylation sites (tertiary alicyclic amines) is 1. The molecule has 0 unspecified atom stereocenters. The molecule has 0 bridgehead atoms. The van der Waals surface area contributed by atoms with E-state index in [1.54, 1.807) is 36.5 Å². The summed E-state index contributed by atoms with van der Waals surface area (Å²) in [5.41, 5.74) is 1.77. The van der Waals surface area contributed by atoms with Crippen molar-refractivity contribution < 1.29 is 36.6 Å². The summed E-state index contributed by atoms with van der Waals surface area (Å²) in [6.07, 6.45) is -1.36. The molecule has 1 aliphatic rings. The number of hydrogen-bond acceptors (Lipinski definition) is 5. The highest BCUT2D eigenvalue weighted by Crippen LogP contribution is 2.27. The summed E-state index contributed by atoms with van der Waals surface area (Å²) in [5.74, 6) is -2.76. The number of nitrogens with zero attached hydrogens (tertiary/aromatic N) is 2. The van der Waals surface area contributed by atoms with Gasteiger partial charge in [0.15, 0.2) is 0 Å². The second kappa shape index (κ2) is 9.94. The van der Waals surface area contributed by atoms with Gasteiger partial charge < -0.3 is 10.2 Å². The van der Waals surface area contributed by atoms with E-state index in [0.717, 1.165) is 36.9 Å². The van der Waals surface area contributed by atoms with Gasteiger partial charge in [0.05, 0.1) is 17.0 Å². The third-order valence-electron chi connectivity index (χ3n) is 5.41. The summed E-state index contributed by atoms with van der Waals surface area (Å²) in [5, 5.41) is 17.6. The maximum atomic E-state index is 13.0. The molecule has 1 atom stereocenters. The van der Waals surface area contributed by atoms with Crippen LogP contribution in [0, 0.1) is 0 Å². The molecule has 0 aliphatic carbocycles. The van der Waals surface area contributed by atoms with Crippen molar-refractivity contribution in [2.24, 2.45) is 0 Å². The third kappa shape index (κ3) is 5.55. The Morgan fingerprint density at radius 1 is 1.06 bits per heavy atom. The molecule has 3 aromatic rings. The molecule has 0 spiro atoms. The fraction of sp³-hybridized carbons (Fsp3) is 0.318. The fourth-order valence-corrected chi connectivity index (χ4v) is 5.16. The number of carboxylic acids is 1. The van der Waals surface area contributed by atoms with Crippen LogP contribution in [0.3, 0.4) is 0 Å². The minimum atomic E-state index is -5.08. The van der Waals surface area contributed by atoms with Crippen molar-refractivity contribution in [1.29, 1.82) is 0 Å². The van der Waals surface area contributed by atoms with Crippen LogP contribution < -0.4 is 0 Å². The van der Waals surface area contributed by atoms with Crippen LogP contribution in [0.25, 0.3) is 10.9 Å². The summed E-state index contributed by atoms with van der Waals surface area (Å²) in [6.45, 7) is 1.85. The largest absolute Gasteiger partial charge is 0.490 e. The van der Waals surface area contributed by atoms with Gasteiger partial charge >= 0.3 is 12.1 Å². The van der Waals surface area contributed by atoms with E-state index in [-0.39, 0.29) is 17.5 Å². The van der Waals surface area contributed by atoms with E-state index in [9.17, 15) is 26.7 Å². The summed E-state index contributed by atoms with van der Waals surface area (Å²) in [6, 6.07) is 16.3. The molecule has 33 heavy (non-hydrogen) atoms. The second-order valence-electron chi connectivity index (χ2n) is 7.53. The summed E-state index contributed by atoms with van der Waals surface area (Å²) >= 11 is 0. The number of halogens is 3. The normalized spacial score (nSPS) is 17.0. The number of hydrogen-bond donors (Lipinski definition) is 2. The Balaban J connectivity index is 0.000000383. The van der Waals surface area contributed by atoms with E-state index in [0.29, 0.717) is 5.52 Å². The summed E-state index contributed by atoms with van der Waals surface area (Å²) < 4.78 is 59.1. The van der Waals surface area contributed by atoms with Crippen LogP contribution in [-0.2, 0) is 21.4 Å². The van der Waals surface area contributed by atoms with Crippen LogP contribution in [0.1, 0.15) is 18.4 Å². The minimum absolute atomic E-state index is 0.166. The first-order valence-corrected chi connectivity index (χ1v) is 11.5. The first kappa shape index (κ1) is 24.7. The number of aliphatic carboxylic acids is 1. The molecule has 4 rings (SSSR count). The Bertz CT molecular complexity index is 1210. The molecule has 2 heterocycles. The van der Waals surface area contributed by atoms with E-state index >= 15 is 0 Å². The van der Waals surface area contributed by atoms with Crippen molar-refractivity contribution in [3.63, 3.8) is 0 Å². The fourth-order valence-electron chi connectivity index (χ4n) is 3.79. The maximum Gasteiger partial charge on any atom is 0.490 e. The number of aliphatic hydroxyl groups excluding tert-OH is 1. The molecule has 0 saturated carbocycles. The Morgan fingerprint density at radius 2 is 1.73 bits per heavy atom. The molecule has 11 heteroatoms. The first-order chi connectivity index (χ1) is 15.6. The zero-order valence-corrected chi connectivity index (χ0v) is 18.3. The number of carbonyl (C=O) groups is 1. The molecule has 1 saturated heterocycles. The zero-order chi connectivity index (χ0) is 24.2. The highest BCUT2D eigenvalue weighted by molar-refractivity contribution is 7.90. The van der Waals surface area contributed by atoms with Crippen molar-refractivity contribution in [2.75, 3.05) is 13.2 Å². The average molecular weight is 484 g/mol. The van der Waals surface area contributed by atoms with Crippen LogP contribution in [-0.4, -0.2) is 58.8 Å². The molecule has 1 aliphatic heterocycles. The van der Waals surface area contributed by atoms with Gasteiger partial charge in [0, 0.05) is 24.2 Å². The number of alkyl halides is 3. The van der Waals surface area contributed by atoms with Gasteiger partial charge in [-0.25, -0.2) is 17.2 Å². The number of rotatable bonds is 5. The second-order valence-corrected chi connectivity index (χ2v) is 9.35. The number of aliphatic hydroxyl groups is 1. The van der Waals surface area contributed by atoms with Gasteiger partial charge in [-0.3, -0.25) is 4.90 Å².